The lowest BCUT2D eigenvalue weighted by atomic mass is 9.70. The monoisotopic (exact) mass is 313 g/mol. The van der Waals surface area contributed by atoms with Crippen LogP contribution in [0.2, 0.25) is 0 Å². The third-order valence-electron chi connectivity index (χ3n) is 4.85. The van der Waals surface area contributed by atoms with Crippen LogP contribution in [0.1, 0.15) is 31.9 Å². The van der Waals surface area contributed by atoms with Crippen molar-refractivity contribution >= 4 is 0 Å². The number of benzene rings is 2. The van der Waals surface area contributed by atoms with E-state index >= 15 is 0 Å². The SMILES string of the molecule is COc1ccc(C(N)(c2ccc(OC)cc2)C(C)C(C)C)cc1. The molecule has 0 amide bonds. The second-order valence-electron chi connectivity index (χ2n) is 6.36. The predicted octanol–water partition coefficient (Wildman–Crippen LogP) is 4.20. The maximum absolute atomic E-state index is 6.99. The zero-order chi connectivity index (χ0) is 17.0. The minimum Gasteiger partial charge on any atom is -0.497 e. The highest BCUT2D eigenvalue weighted by atomic mass is 16.5. The average molecular weight is 313 g/mol. The Kier molecular flexibility index (Phi) is 5.32. The predicted molar refractivity (Wildman–Crippen MR) is 95.0 cm³/mol. The topological polar surface area (TPSA) is 44.5 Å². The molecule has 0 fully saturated rings. The Morgan fingerprint density at radius 1 is 0.739 bits per heavy atom. The van der Waals surface area contributed by atoms with Gasteiger partial charge in [-0.1, -0.05) is 45.0 Å². The molecule has 1 atom stereocenters. The van der Waals surface area contributed by atoms with E-state index in [4.69, 9.17) is 15.2 Å². The minimum absolute atomic E-state index is 0.268. The Morgan fingerprint density at radius 3 is 1.35 bits per heavy atom. The molecule has 0 heterocycles. The van der Waals surface area contributed by atoms with Crippen LogP contribution >= 0.6 is 0 Å². The normalized spacial score (nSPS) is 13.0. The van der Waals surface area contributed by atoms with E-state index in [1.807, 2.05) is 24.3 Å². The lowest BCUT2D eigenvalue weighted by Crippen LogP contribution is -2.46. The third kappa shape index (κ3) is 3.35. The van der Waals surface area contributed by atoms with Crippen LogP contribution in [0.15, 0.2) is 48.5 Å². The molecule has 0 aliphatic rings. The number of ether oxygens (including phenoxy) is 2. The van der Waals surface area contributed by atoms with Gasteiger partial charge in [0.1, 0.15) is 11.5 Å². The largest absolute Gasteiger partial charge is 0.497 e. The van der Waals surface area contributed by atoms with Gasteiger partial charge >= 0.3 is 0 Å². The summed E-state index contributed by atoms with van der Waals surface area (Å²) < 4.78 is 10.5. The fourth-order valence-electron chi connectivity index (χ4n) is 2.95. The second-order valence-corrected chi connectivity index (χ2v) is 6.36. The highest BCUT2D eigenvalue weighted by Gasteiger charge is 2.37. The summed E-state index contributed by atoms with van der Waals surface area (Å²) >= 11 is 0. The molecule has 3 nitrogen and oxygen atoms in total. The van der Waals surface area contributed by atoms with Crippen molar-refractivity contribution in [3.05, 3.63) is 59.7 Å². The van der Waals surface area contributed by atoms with Crippen molar-refractivity contribution in [1.29, 1.82) is 0 Å². The molecule has 3 heteroatoms. The van der Waals surface area contributed by atoms with Crippen LogP contribution in [0, 0.1) is 11.8 Å². The lowest BCUT2D eigenvalue weighted by molar-refractivity contribution is 0.271. The highest BCUT2D eigenvalue weighted by molar-refractivity contribution is 5.43. The molecule has 2 aromatic carbocycles. The molecule has 0 saturated heterocycles. The van der Waals surface area contributed by atoms with Crippen LogP contribution in [-0.2, 0) is 5.54 Å². The zero-order valence-electron chi connectivity index (χ0n) is 14.7. The first kappa shape index (κ1) is 17.4. The molecule has 0 aromatic heterocycles. The van der Waals surface area contributed by atoms with E-state index in [9.17, 15) is 0 Å². The summed E-state index contributed by atoms with van der Waals surface area (Å²) in [7, 11) is 3.34. The van der Waals surface area contributed by atoms with Gasteiger partial charge in [0.15, 0.2) is 0 Å². The molecule has 0 spiro atoms. The molecule has 0 radical (unpaired) electrons. The van der Waals surface area contributed by atoms with Gasteiger partial charge in [-0.3, -0.25) is 0 Å². The van der Waals surface area contributed by atoms with Gasteiger partial charge in [0.05, 0.1) is 19.8 Å². The Morgan fingerprint density at radius 2 is 1.09 bits per heavy atom. The molecule has 124 valence electrons. The van der Waals surface area contributed by atoms with Crippen molar-refractivity contribution in [2.75, 3.05) is 14.2 Å². The van der Waals surface area contributed by atoms with Crippen LogP contribution in [0.4, 0.5) is 0 Å². The summed E-state index contributed by atoms with van der Waals surface area (Å²) in [6, 6.07) is 16.1. The maximum Gasteiger partial charge on any atom is 0.118 e. The standard InChI is InChI=1S/C20H27NO2/c1-14(2)15(3)20(21,16-6-10-18(22-4)11-7-16)17-8-12-19(23-5)13-9-17/h6-15H,21H2,1-5H3. The quantitative estimate of drug-likeness (QED) is 0.869. The van der Waals surface area contributed by atoms with Crippen molar-refractivity contribution in [3.8, 4) is 11.5 Å². The van der Waals surface area contributed by atoms with Gasteiger partial charge in [-0.25, -0.2) is 0 Å². The zero-order valence-corrected chi connectivity index (χ0v) is 14.7. The molecule has 2 N–H and O–H groups in total. The molecule has 1 unspecified atom stereocenters. The van der Waals surface area contributed by atoms with E-state index < -0.39 is 5.54 Å². The van der Waals surface area contributed by atoms with Gasteiger partial charge in [-0.15, -0.1) is 0 Å². The molecular weight excluding hydrogens is 286 g/mol. The number of rotatable bonds is 6. The van der Waals surface area contributed by atoms with Crippen LogP contribution in [0.3, 0.4) is 0 Å². The summed E-state index contributed by atoms with van der Waals surface area (Å²) in [6.45, 7) is 6.62. The highest BCUT2D eigenvalue weighted by Crippen LogP contribution is 2.39. The van der Waals surface area contributed by atoms with Crippen LogP contribution in [0.25, 0.3) is 0 Å². The van der Waals surface area contributed by atoms with Crippen molar-refractivity contribution in [2.45, 2.75) is 26.3 Å². The van der Waals surface area contributed by atoms with Gasteiger partial charge < -0.3 is 15.2 Å². The van der Waals surface area contributed by atoms with E-state index in [0.717, 1.165) is 22.6 Å². The Balaban J connectivity index is 2.53. The summed E-state index contributed by atoms with van der Waals surface area (Å²) in [4.78, 5) is 0. The van der Waals surface area contributed by atoms with Crippen LogP contribution in [0.5, 0.6) is 11.5 Å². The summed E-state index contributed by atoms with van der Waals surface area (Å²) in [6.07, 6.45) is 0. The Labute approximate surface area is 139 Å². The molecule has 0 saturated carbocycles. The molecule has 0 bridgehead atoms. The summed E-state index contributed by atoms with van der Waals surface area (Å²) in [5.74, 6) is 2.39. The van der Waals surface area contributed by atoms with Crippen molar-refractivity contribution in [3.63, 3.8) is 0 Å². The van der Waals surface area contributed by atoms with E-state index in [2.05, 4.69) is 45.0 Å². The van der Waals surface area contributed by atoms with Crippen molar-refractivity contribution in [2.24, 2.45) is 17.6 Å². The molecule has 23 heavy (non-hydrogen) atoms. The Hall–Kier alpha value is -2.00. The van der Waals surface area contributed by atoms with Gasteiger partial charge in [-0.05, 0) is 47.2 Å². The van der Waals surface area contributed by atoms with Gasteiger partial charge in [0.2, 0.25) is 0 Å². The molecule has 2 rings (SSSR count). The fraction of sp³-hybridized carbons (Fsp3) is 0.400. The number of nitrogens with two attached hydrogens (primary N) is 1. The minimum atomic E-state index is -0.563. The second kappa shape index (κ2) is 7.05. The maximum atomic E-state index is 6.99. The van der Waals surface area contributed by atoms with Crippen LogP contribution in [-0.4, -0.2) is 14.2 Å². The first-order chi connectivity index (χ1) is 10.9. The number of hydrogen-bond acceptors (Lipinski definition) is 3. The third-order valence-corrected chi connectivity index (χ3v) is 4.85. The van der Waals surface area contributed by atoms with E-state index in [0.29, 0.717) is 5.92 Å². The lowest BCUT2D eigenvalue weighted by Gasteiger charge is -2.39. The molecule has 0 aliphatic carbocycles. The first-order valence-electron chi connectivity index (χ1n) is 8.01. The number of methoxy groups -OCH3 is 2. The summed E-state index contributed by atoms with van der Waals surface area (Å²) in [5, 5.41) is 0. The van der Waals surface area contributed by atoms with Crippen molar-refractivity contribution in [1.82, 2.24) is 0 Å². The number of hydrogen-bond donors (Lipinski definition) is 1. The van der Waals surface area contributed by atoms with E-state index in [1.165, 1.54) is 0 Å². The molecular formula is C20H27NO2. The van der Waals surface area contributed by atoms with E-state index in [-0.39, 0.29) is 5.92 Å². The molecule has 0 aliphatic heterocycles. The van der Waals surface area contributed by atoms with Gasteiger partial charge in [0, 0.05) is 0 Å². The van der Waals surface area contributed by atoms with Gasteiger partial charge in [0.25, 0.3) is 0 Å². The van der Waals surface area contributed by atoms with Gasteiger partial charge in [-0.2, -0.15) is 0 Å². The average Bonchev–Trinajstić information content (AvgIpc) is 2.60. The fourth-order valence-corrected chi connectivity index (χ4v) is 2.95. The van der Waals surface area contributed by atoms with E-state index in [1.54, 1.807) is 14.2 Å². The van der Waals surface area contributed by atoms with Crippen molar-refractivity contribution < 1.29 is 9.47 Å². The van der Waals surface area contributed by atoms with Crippen LogP contribution < -0.4 is 15.2 Å². The summed E-state index contributed by atoms with van der Waals surface area (Å²) in [5.41, 5.74) is 8.60. The Bertz CT molecular complexity index is 570. The first-order valence-corrected chi connectivity index (χ1v) is 8.01. The molecule has 2 aromatic rings. The smallest absolute Gasteiger partial charge is 0.118 e.